The zero-order valence-corrected chi connectivity index (χ0v) is 21.0. The van der Waals surface area contributed by atoms with E-state index in [4.69, 9.17) is 21.7 Å². The van der Waals surface area contributed by atoms with Gasteiger partial charge in [-0.15, -0.1) is 0 Å². The molecule has 2 aliphatic rings. The fraction of sp³-hybridized carbons (Fsp3) is 0.370. The summed E-state index contributed by atoms with van der Waals surface area (Å²) in [6, 6.07) is 15.6. The fourth-order valence-electron chi connectivity index (χ4n) is 5.30. The second-order valence-electron chi connectivity index (χ2n) is 9.11. The monoisotopic (exact) mass is 490 g/mol. The van der Waals surface area contributed by atoms with Crippen LogP contribution in [0.1, 0.15) is 57.9 Å². The van der Waals surface area contributed by atoms with Crippen molar-refractivity contribution in [1.29, 1.82) is 0 Å². The quantitative estimate of drug-likeness (QED) is 0.405. The maximum absolute atomic E-state index is 11.9. The third-order valence-corrected chi connectivity index (χ3v) is 7.31. The van der Waals surface area contributed by atoms with Crippen molar-refractivity contribution in [3.8, 4) is 5.69 Å². The van der Waals surface area contributed by atoms with Gasteiger partial charge in [-0.25, -0.2) is 4.79 Å². The highest BCUT2D eigenvalue weighted by Gasteiger charge is 2.42. The van der Waals surface area contributed by atoms with Gasteiger partial charge in [0.25, 0.3) is 0 Å². The minimum Gasteiger partial charge on any atom is -0.465 e. The van der Waals surface area contributed by atoms with Gasteiger partial charge in [0.2, 0.25) is 0 Å². The number of methoxy groups -OCH3 is 1. The molecular formula is C27H30N4O3S. The van der Waals surface area contributed by atoms with Crippen molar-refractivity contribution in [3.63, 3.8) is 0 Å². The van der Waals surface area contributed by atoms with Crippen molar-refractivity contribution in [2.24, 2.45) is 0 Å². The summed E-state index contributed by atoms with van der Waals surface area (Å²) in [7, 11) is 1.39. The molecule has 1 aromatic carbocycles. The molecule has 0 amide bonds. The van der Waals surface area contributed by atoms with Crippen LogP contribution >= 0.6 is 12.2 Å². The molecule has 4 heterocycles. The highest BCUT2D eigenvalue weighted by molar-refractivity contribution is 7.80. The molecular weight excluding hydrogens is 460 g/mol. The van der Waals surface area contributed by atoms with Gasteiger partial charge in [0, 0.05) is 36.4 Å². The van der Waals surface area contributed by atoms with Gasteiger partial charge in [0.05, 0.1) is 36.6 Å². The van der Waals surface area contributed by atoms with Crippen LogP contribution in [0.2, 0.25) is 0 Å². The molecule has 3 unspecified atom stereocenters. The Balaban J connectivity index is 1.55. The van der Waals surface area contributed by atoms with Gasteiger partial charge >= 0.3 is 5.97 Å². The lowest BCUT2D eigenvalue weighted by Crippen LogP contribution is -2.36. The van der Waals surface area contributed by atoms with E-state index in [1.807, 2.05) is 36.5 Å². The zero-order valence-electron chi connectivity index (χ0n) is 20.2. The molecule has 3 aromatic rings. The Bertz CT molecular complexity index is 1220. The number of thiocarbonyl (C=S) groups is 1. The van der Waals surface area contributed by atoms with Gasteiger partial charge in [-0.1, -0.05) is 6.07 Å². The van der Waals surface area contributed by atoms with Crippen LogP contribution in [-0.4, -0.2) is 51.9 Å². The van der Waals surface area contributed by atoms with Gasteiger partial charge in [0.15, 0.2) is 5.11 Å². The van der Waals surface area contributed by atoms with Crippen LogP contribution in [0.15, 0.2) is 54.7 Å². The Labute approximate surface area is 211 Å². The number of aromatic nitrogens is 2. The summed E-state index contributed by atoms with van der Waals surface area (Å²) < 4.78 is 13.0. The lowest BCUT2D eigenvalue weighted by Gasteiger charge is -2.30. The molecule has 1 N–H and O–H groups in total. The van der Waals surface area contributed by atoms with Crippen molar-refractivity contribution >= 4 is 23.3 Å². The number of nitrogens with zero attached hydrogens (tertiary/aromatic N) is 3. The van der Waals surface area contributed by atoms with E-state index in [2.05, 4.69) is 39.7 Å². The molecule has 0 aliphatic carbocycles. The molecule has 35 heavy (non-hydrogen) atoms. The van der Waals surface area contributed by atoms with Gasteiger partial charge in [-0.2, -0.15) is 0 Å². The van der Waals surface area contributed by atoms with Gasteiger partial charge in [-0.05, 0) is 86.9 Å². The Morgan fingerprint density at radius 3 is 2.69 bits per heavy atom. The summed E-state index contributed by atoms with van der Waals surface area (Å²) in [5, 5.41) is 4.27. The van der Waals surface area contributed by atoms with E-state index >= 15 is 0 Å². The molecule has 8 heteroatoms. The van der Waals surface area contributed by atoms with Gasteiger partial charge in [0.1, 0.15) is 0 Å². The fourth-order valence-corrected chi connectivity index (χ4v) is 5.61. The summed E-state index contributed by atoms with van der Waals surface area (Å²) in [5.41, 5.74) is 5.92. The van der Waals surface area contributed by atoms with Crippen LogP contribution < -0.4 is 5.32 Å². The molecule has 5 rings (SSSR count). The second-order valence-corrected chi connectivity index (χ2v) is 9.50. The standard InChI is InChI=1S/C27H30N4O3S/c1-17-15-22(18(2)31(17)20-11-9-19(10-12-20)26(32)33-3)25-24(23-8-4-5-13-28-23)29-27(35)30(25)16-21-7-6-14-34-21/h4-5,8-13,15,21,24-25H,6-7,14,16H2,1-3H3,(H,29,35). The number of benzene rings is 1. The molecule has 2 aliphatic heterocycles. The van der Waals surface area contributed by atoms with Crippen molar-refractivity contribution in [2.45, 2.75) is 44.9 Å². The molecule has 0 saturated carbocycles. The number of carbonyl (C=O) groups is 1. The number of hydrogen-bond acceptors (Lipinski definition) is 5. The Kier molecular flexibility index (Phi) is 6.58. The minimum atomic E-state index is -0.341. The van der Waals surface area contributed by atoms with E-state index in [1.165, 1.54) is 12.7 Å². The normalized spacial score (nSPS) is 21.9. The Hall–Kier alpha value is -3.23. The minimum absolute atomic E-state index is 0.0177. The molecule has 2 fully saturated rings. The average Bonchev–Trinajstić information content (AvgIpc) is 3.58. The smallest absolute Gasteiger partial charge is 0.337 e. The molecule has 0 bridgehead atoms. The van der Waals surface area contributed by atoms with Gasteiger partial charge < -0.3 is 24.3 Å². The SMILES string of the molecule is COC(=O)c1ccc(-n2c(C)cc(C3C(c4ccccn4)NC(=S)N3CC3CCCO3)c2C)cc1. The summed E-state index contributed by atoms with van der Waals surface area (Å²) in [5.74, 6) is -0.341. The molecule has 7 nitrogen and oxygen atoms in total. The number of hydrogen-bond donors (Lipinski definition) is 1. The molecule has 2 aromatic heterocycles. The lowest BCUT2D eigenvalue weighted by atomic mass is 9.96. The van der Waals surface area contributed by atoms with Crippen LogP contribution in [0.25, 0.3) is 5.69 Å². The van der Waals surface area contributed by atoms with Crippen LogP contribution in [-0.2, 0) is 9.47 Å². The van der Waals surface area contributed by atoms with Crippen LogP contribution in [0.3, 0.4) is 0 Å². The third-order valence-electron chi connectivity index (χ3n) is 6.96. The van der Waals surface area contributed by atoms with Crippen molar-refractivity contribution in [3.05, 3.63) is 82.9 Å². The van der Waals surface area contributed by atoms with E-state index in [1.54, 1.807) is 12.1 Å². The van der Waals surface area contributed by atoms with E-state index in [0.29, 0.717) is 5.56 Å². The predicted octanol–water partition coefficient (Wildman–Crippen LogP) is 4.43. The summed E-state index contributed by atoms with van der Waals surface area (Å²) in [6.45, 7) is 5.80. The van der Waals surface area contributed by atoms with Gasteiger partial charge in [-0.3, -0.25) is 4.98 Å². The Morgan fingerprint density at radius 1 is 1.23 bits per heavy atom. The molecule has 3 atom stereocenters. The number of nitrogens with one attached hydrogen (secondary N) is 1. The molecule has 0 spiro atoms. The first-order chi connectivity index (χ1) is 17.0. The first-order valence-electron chi connectivity index (χ1n) is 11.9. The average molecular weight is 491 g/mol. The van der Waals surface area contributed by atoms with E-state index in [-0.39, 0.29) is 24.2 Å². The van der Waals surface area contributed by atoms with Crippen molar-refractivity contribution in [2.75, 3.05) is 20.3 Å². The lowest BCUT2D eigenvalue weighted by molar-refractivity contribution is 0.0600. The molecule has 0 radical (unpaired) electrons. The topological polar surface area (TPSA) is 68.6 Å². The number of aryl methyl sites for hydroxylation is 1. The highest BCUT2D eigenvalue weighted by atomic mass is 32.1. The van der Waals surface area contributed by atoms with Crippen LogP contribution in [0.5, 0.6) is 0 Å². The van der Waals surface area contributed by atoms with Crippen molar-refractivity contribution < 1.29 is 14.3 Å². The Morgan fingerprint density at radius 2 is 2.03 bits per heavy atom. The first-order valence-corrected chi connectivity index (χ1v) is 12.4. The molecule has 182 valence electrons. The summed E-state index contributed by atoms with van der Waals surface area (Å²) in [4.78, 5) is 18.8. The zero-order chi connectivity index (χ0) is 24.5. The number of rotatable bonds is 6. The predicted molar refractivity (Wildman–Crippen MR) is 138 cm³/mol. The highest BCUT2D eigenvalue weighted by Crippen LogP contribution is 2.42. The summed E-state index contributed by atoms with van der Waals surface area (Å²) >= 11 is 5.84. The van der Waals surface area contributed by atoms with E-state index < -0.39 is 0 Å². The van der Waals surface area contributed by atoms with Crippen LogP contribution in [0, 0.1) is 13.8 Å². The number of ether oxygens (including phenoxy) is 2. The maximum atomic E-state index is 11.9. The van der Waals surface area contributed by atoms with E-state index in [9.17, 15) is 4.79 Å². The molecule has 2 saturated heterocycles. The number of esters is 1. The van der Waals surface area contributed by atoms with Crippen LogP contribution in [0.4, 0.5) is 0 Å². The number of carbonyl (C=O) groups excluding carboxylic acids is 1. The summed E-state index contributed by atoms with van der Waals surface area (Å²) in [6.07, 6.45) is 4.13. The first kappa shape index (κ1) is 23.5. The number of pyridine rings is 1. The maximum Gasteiger partial charge on any atom is 0.337 e. The largest absolute Gasteiger partial charge is 0.465 e. The third kappa shape index (κ3) is 4.44. The van der Waals surface area contributed by atoms with E-state index in [0.717, 1.165) is 53.9 Å². The second kappa shape index (κ2) is 9.79. The van der Waals surface area contributed by atoms with Crippen molar-refractivity contribution in [1.82, 2.24) is 19.8 Å².